The van der Waals surface area contributed by atoms with E-state index in [1.165, 1.54) is 19.2 Å². The predicted molar refractivity (Wildman–Crippen MR) is 119 cm³/mol. The molecule has 0 saturated heterocycles. The first-order valence-electron chi connectivity index (χ1n) is 10.1. The summed E-state index contributed by atoms with van der Waals surface area (Å²) in [5.41, 5.74) is -3.96. The number of halogens is 6. The van der Waals surface area contributed by atoms with Crippen LogP contribution in [-0.2, 0) is 0 Å². The molecule has 34 heavy (non-hydrogen) atoms. The van der Waals surface area contributed by atoms with Crippen LogP contribution in [-0.4, -0.2) is 35.2 Å². The van der Waals surface area contributed by atoms with Crippen molar-refractivity contribution in [3.05, 3.63) is 69.0 Å². The molecule has 0 unspecified atom stereocenters. The Morgan fingerprint density at radius 3 is 2.53 bits per heavy atom. The Bertz CT molecular complexity index is 1290. The standard InChI is InChI=1S/C23H20ClF5N2O3/c1-3-12(14-4-6-16(26)20(24)21(14)34-2)10-22(33,23(27,28)29)11-30-17-8-13(25)9-18-15(17)5-7-19(32)31-18/h4-9,11-12,33H,3,10H2,1-2H3,(H,31,32)/b30-11+/t12-,22-/m1/s1. The zero-order valence-corrected chi connectivity index (χ0v) is 18.8. The summed E-state index contributed by atoms with van der Waals surface area (Å²) in [6.07, 6.45) is -5.63. The van der Waals surface area contributed by atoms with Gasteiger partial charge in [0, 0.05) is 23.7 Å². The molecule has 0 aliphatic carbocycles. The number of benzene rings is 2. The summed E-state index contributed by atoms with van der Waals surface area (Å²) in [4.78, 5) is 17.6. The largest absolute Gasteiger partial charge is 0.495 e. The first-order chi connectivity index (χ1) is 15.9. The monoisotopic (exact) mass is 502 g/mol. The summed E-state index contributed by atoms with van der Waals surface area (Å²) in [6.45, 7) is 1.59. The van der Waals surface area contributed by atoms with Crippen LogP contribution in [0.15, 0.2) is 46.2 Å². The Balaban J connectivity index is 2.07. The second-order valence-corrected chi connectivity index (χ2v) is 8.06. The van der Waals surface area contributed by atoms with Gasteiger partial charge in [-0.2, -0.15) is 13.2 Å². The van der Waals surface area contributed by atoms with Crippen LogP contribution < -0.4 is 10.3 Å². The molecule has 0 aliphatic heterocycles. The number of hydrogen-bond donors (Lipinski definition) is 2. The first kappa shape index (κ1) is 25.6. The van der Waals surface area contributed by atoms with Crippen molar-refractivity contribution in [3.63, 3.8) is 0 Å². The smallest absolute Gasteiger partial charge is 0.422 e. The molecule has 0 radical (unpaired) electrons. The molecular formula is C23H20ClF5N2O3. The molecule has 1 heterocycles. The number of alkyl halides is 3. The third-order valence-corrected chi connectivity index (χ3v) is 5.82. The van der Waals surface area contributed by atoms with Gasteiger partial charge in [-0.1, -0.05) is 24.6 Å². The molecule has 5 nitrogen and oxygen atoms in total. The van der Waals surface area contributed by atoms with E-state index >= 15 is 0 Å². The van der Waals surface area contributed by atoms with E-state index in [-0.39, 0.29) is 39.3 Å². The number of ether oxygens (including phenoxy) is 1. The minimum absolute atomic E-state index is 0.0346. The number of aromatic nitrogens is 1. The zero-order chi connectivity index (χ0) is 25.3. The lowest BCUT2D eigenvalue weighted by atomic mass is 9.84. The fourth-order valence-electron chi connectivity index (χ4n) is 3.67. The number of methoxy groups -OCH3 is 1. The van der Waals surface area contributed by atoms with Gasteiger partial charge in [0.05, 0.1) is 18.3 Å². The molecule has 1 aromatic heterocycles. The number of hydrogen-bond acceptors (Lipinski definition) is 4. The van der Waals surface area contributed by atoms with Crippen LogP contribution in [0.5, 0.6) is 5.75 Å². The molecule has 3 aromatic rings. The molecule has 2 aromatic carbocycles. The predicted octanol–water partition coefficient (Wildman–Crippen LogP) is 6.05. The van der Waals surface area contributed by atoms with Crippen molar-refractivity contribution in [2.75, 3.05) is 7.11 Å². The van der Waals surface area contributed by atoms with Gasteiger partial charge in [-0.15, -0.1) is 0 Å². The first-order valence-corrected chi connectivity index (χ1v) is 10.5. The lowest BCUT2D eigenvalue weighted by molar-refractivity contribution is -0.232. The van der Waals surface area contributed by atoms with Crippen LogP contribution >= 0.6 is 11.6 Å². The molecule has 3 rings (SSSR count). The summed E-state index contributed by atoms with van der Waals surface area (Å²) in [5.74, 6) is -2.73. The zero-order valence-electron chi connectivity index (χ0n) is 18.0. The average Bonchev–Trinajstić information content (AvgIpc) is 2.76. The minimum atomic E-state index is -5.15. The third-order valence-electron chi connectivity index (χ3n) is 5.47. The number of fused-ring (bicyclic) bond motifs is 1. The maximum absolute atomic E-state index is 14.0. The number of nitrogens with one attached hydrogen (secondary N) is 1. The lowest BCUT2D eigenvalue weighted by Crippen LogP contribution is -2.47. The molecule has 2 N–H and O–H groups in total. The highest BCUT2D eigenvalue weighted by Gasteiger charge is 2.53. The number of nitrogens with zero attached hydrogens (tertiary/aromatic N) is 1. The van der Waals surface area contributed by atoms with Crippen LogP contribution in [0, 0.1) is 11.6 Å². The summed E-state index contributed by atoms with van der Waals surface area (Å²) in [7, 11) is 1.20. The summed E-state index contributed by atoms with van der Waals surface area (Å²) in [5, 5.41) is 10.5. The second kappa shape index (κ2) is 9.71. The molecule has 0 aliphatic rings. The molecule has 0 bridgehead atoms. The maximum Gasteiger partial charge on any atom is 0.422 e. The lowest BCUT2D eigenvalue weighted by Gasteiger charge is -2.31. The van der Waals surface area contributed by atoms with Gasteiger partial charge in [0.2, 0.25) is 5.56 Å². The maximum atomic E-state index is 14.0. The fourth-order valence-corrected chi connectivity index (χ4v) is 3.92. The SMILES string of the molecule is CC[C@H](C[C@@](O)(/C=N/c1cc(F)cc2[nH]c(=O)ccc12)C(F)(F)F)c1ccc(F)c(Cl)c1OC. The van der Waals surface area contributed by atoms with Gasteiger partial charge in [0.1, 0.15) is 22.4 Å². The topological polar surface area (TPSA) is 74.7 Å². The van der Waals surface area contributed by atoms with E-state index in [0.29, 0.717) is 6.21 Å². The number of aromatic amines is 1. The Morgan fingerprint density at radius 1 is 1.21 bits per heavy atom. The molecular weight excluding hydrogens is 483 g/mol. The van der Waals surface area contributed by atoms with E-state index in [4.69, 9.17) is 16.3 Å². The number of H-pyrrole nitrogens is 1. The molecule has 2 atom stereocenters. The average molecular weight is 503 g/mol. The van der Waals surface area contributed by atoms with E-state index < -0.39 is 41.3 Å². The minimum Gasteiger partial charge on any atom is -0.495 e. The highest BCUT2D eigenvalue weighted by molar-refractivity contribution is 6.32. The molecule has 11 heteroatoms. The third kappa shape index (κ3) is 5.07. The fraction of sp³-hybridized carbons (Fsp3) is 0.304. The van der Waals surface area contributed by atoms with Gasteiger partial charge in [0.25, 0.3) is 0 Å². The van der Waals surface area contributed by atoms with Gasteiger partial charge in [-0.25, -0.2) is 8.78 Å². The Labute approximate surface area is 195 Å². The number of rotatable bonds is 7. The van der Waals surface area contributed by atoms with E-state index in [0.717, 1.165) is 24.3 Å². The van der Waals surface area contributed by atoms with E-state index in [1.807, 2.05) is 0 Å². The van der Waals surface area contributed by atoms with Crippen molar-refractivity contribution >= 4 is 34.4 Å². The summed E-state index contributed by atoms with van der Waals surface area (Å²) >= 11 is 5.91. The van der Waals surface area contributed by atoms with Crippen molar-refractivity contribution in [1.29, 1.82) is 0 Å². The molecule has 0 saturated carbocycles. The molecule has 182 valence electrons. The highest BCUT2D eigenvalue weighted by Crippen LogP contribution is 2.43. The van der Waals surface area contributed by atoms with Gasteiger partial charge in [-0.3, -0.25) is 9.79 Å². The number of aliphatic imine (C=N–C) groups is 1. The molecule has 0 amide bonds. The van der Waals surface area contributed by atoms with Crippen LogP contribution in [0.3, 0.4) is 0 Å². The second-order valence-electron chi connectivity index (χ2n) is 7.68. The van der Waals surface area contributed by atoms with Gasteiger partial charge in [-0.05, 0) is 42.5 Å². The Kier molecular flexibility index (Phi) is 7.32. The van der Waals surface area contributed by atoms with E-state index in [1.54, 1.807) is 6.92 Å². The van der Waals surface area contributed by atoms with Gasteiger partial charge < -0.3 is 14.8 Å². The van der Waals surface area contributed by atoms with Crippen molar-refractivity contribution in [1.82, 2.24) is 4.98 Å². The van der Waals surface area contributed by atoms with Gasteiger partial charge in [0.15, 0.2) is 5.60 Å². The van der Waals surface area contributed by atoms with Crippen LogP contribution in [0.4, 0.5) is 27.6 Å². The molecule has 0 fully saturated rings. The highest BCUT2D eigenvalue weighted by atomic mass is 35.5. The Morgan fingerprint density at radius 2 is 1.91 bits per heavy atom. The Hall–Kier alpha value is -2.98. The van der Waals surface area contributed by atoms with E-state index in [9.17, 15) is 31.9 Å². The van der Waals surface area contributed by atoms with Gasteiger partial charge >= 0.3 is 6.18 Å². The van der Waals surface area contributed by atoms with Crippen molar-refractivity contribution in [2.24, 2.45) is 4.99 Å². The normalized spacial score (nSPS) is 15.0. The van der Waals surface area contributed by atoms with Crippen molar-refractivity contribution < 1.29 is 31.8 Å². The van der Waals surface area contributed by atoms with Crippen molar-refractivity contribution in [3.8, 4) is 5.75 Å². The van der Waals surface area contributed by atoms with Crippen LogP contribution in [0.25, 0.3) is 10.9 Å². The number of pyridine rings is 1. The van der Waals surface area contributed by atoms with E-state index in [2.05, 4.69) is 9.98 Å². The quantitative estimate of drug-likeness (QED) is 0.305. The molecule has 0 spiro atoms. The summed E-state index contributed by atoms with van der Waals surface area (Å²) in [6, 6.07) is 6.54. The van der Waals surface area contributed by atoms with Crippen LogP contribution in [0.1, 0.15) is 31.2 Å². The number of aliphatic hydroxyl groups is 1. The van der Waals surface area contributed by atoms with Crippen molar-refractivity contribution in [2.45, 2.75) is 37.5 Å². The summed E-state index contributed by atoms with van der Waals surface area (Å²) < 4.78 is 74.9. The van der Waals surface area contributed by atoms with Crippen LogP contribution in [0.2, 0.25) is 5.02 Å².